The third-order valence-corrected chi connectivity index (χ3v) is 3.57. The van der Waals surface area contributed by atoms with Crippen molar-refractivity contribution in [1.29, 1.82) is 0 Å². The molecule has 0 fully saturated rings. The number of pyridine rings is 1. The Balaban J connectivity index is 1.74. The van der Waals surface area contributed by atoms with Gasteiger partial charge in [0.2, 0.25) is 0 Å². The number of rotatable bonds is 6. The number of furan rings is 1. The van der Waals surface area contributed by atoms with Crippen LogP contribution in [0.3, 0.4) is 0 Å². The molecule has 1 N–H and O–H groups in total. The summed E-state index contributed by atoms with van der Waals surface area (Å²) >= 11 is 0. The van der Waals surface area contributed by atoms with Crippen molar-refractivity contribution in [2.75, 3.05) is 5.43 Å². The Labute approximate surface area is 152 Å². The standard InChI is InChI=1S/C17H13N5O5/c1-11-2-5-14(15(8-11)22(25)26)16-6-4-13(27-16)10-19-20-17-7-3-12(9-18-17)21(23)24/h2-10H,1H3,(H,18,20)/b19-10-. The minimum atomic E-state index is -0.547. The summed E-state index contributed by atoms with van der Waals surface area (Å²) in [7, 11) is 0. The van der Waals surface area contributed by atoms with Gasteiger partial charge in [-0.1, -0.05) is 6.07 Å². The molecule has 136 valence electrons. The number of nitro groups is 2. The first-order valence-electron chi connectivity index (χ1n) is 7.69. The lowest BCUT2D eigenvalue weighted by atomic mass is 10.1. The van der Waals surface area contributed by atoms with Crippen molar-refractivity contribution in [2.45, 2.75) is 6.92 Å². The second kappa shape index (κ2) is 7.44. The molecule has 0 atom stereocenters. The average molecular weight is 367 g/mol. The molecule has 3 rings (SSSR count). The first-order chi connectivity index (χ1) is 12.9. The second-order valence-electron chi connectivity index (χ2n) is 5.51. The Morgan fingerprint density at radius 3 is 2.59 bits per heavy atom. The predicted octanol–water partition coefficient (Wildman–Crippen LogP) is 3.91. The fraction of sp³-hybridized carbons (Fsp3) is 0.0588. The van der Waals surface area contributed by atoms with Crippen LogP contribution >= 0.6 is 0 Å². The number of hydrazone groups is 1. The number of nitrogens with zero attached hydrogens (tertiary/aromatic N) is 4. The highest BCUT2D eigenvalue weighted by Gasteiger charge is 2.18. The second-order valence-corrected chi connectivity index (χ2v) is 5.51. The van der Waals surface area contributed by atoms with Crippen molar-refractivity contribution < 1.29 is 14.3 Å². The smallest absolute Gasteiger partial charge is 0.287 e. The minimum absolute atomic E-state index is 0.0407. The van der Waals surface area contributed by atoms with Gasteiger partial charge in [0.1, 0.15) is 23.5 Å². The Hall–Kier alpha value is -4.08. The van der Waals surface area contributed by atoms with Gasteiger partial charge in [0, 0.05) is 12.1 Å². The highest BCUT2D eigenvalue weighted by atomic mass is 16.6. The molecule has 27 heavy (non-hydrogen) atoms. The number of anilines is 1. The molecular formula is C17H13N5O5. The molecule has 10 nitrogen and oxygen atoms in total. The summed E-state index contributed by atoms with van der Waals surface area (Å²) in [5, 5.41) is 25.7. The molecule has 0 aliphatic rings. The third-order valence-electron chi connectivity index (χ3n) is 3.57. The Bertz CT molecular complexity index is 1030. The number of nitrogens with one attached hydrogen (secondary N) is 1. The van der Waals surface area contributed by atoms with Crippen LogP contribution in [0.5, 0.6) is 0 Å². The highest BCUT2D eigenvalue weighted by molar-refractivity contribution is 5.79. The molecule has 2 aromatic heterocycles. The van der Waals surface area contributed by atoms with Crippen LogP contribution < -0.4 is 5.43 Å². The van der Waals surface area contributed by atoms with E-state index in [1.54, 1.807) is 31.2 Å². The molecule has 0 saturated carbocycles. The van der Waals surface area contributed by atoms with E-state index in [0.29, 0.717) is 22.9 Å². The number of aryl methyl sites for hydroxylation is 1. The molecule has 0 radical (unpaired) electrons. The quantitative estimate of drug-likeness (QED) is 0.396. The molecule has 0 aliphatic heterocycles. The fourth-order valence-corrected chi connectivity index (χ4v) is 2.29. The average Bonchev–Trinajstić information content (AvgIpc) is 3.10. The van der Waals surface area contributed by atoms with Gasteiger partial charge in [-0.15, -0.1) is 0 Å². The van der Waals surface area contributed by atoms with E-state index in [1.807, 2.05) is 0 Å². The molecule has 0 aliphatic carbocycles. The molecule has 0 bridgehead atoms. The molecule has 0 spiro atoms. The van der Waals surface area contributed by atoms with Crippen LogP contribution in [0.4, 0.5) is 17.2 Å². The topological polar surface area (TPSA) is 137 Å². The van der Waals surface area contributed by atoms with E-state index in [2.05, 4.69) is 15.5 Å². The van der Waals surface area contributed by atoms with Crippen LogP contribution in [0.15, 0.2) is 58.2 Å². The van der Waals surface area contributed by atoms with E-state index < -0.39 is 9.85 Å². The van der Waals surface area contributed by atoms with Crippen LogP contribution in [0.2, 0.25) is 0 Å². The van der Waals surface area contributed by atoms with Crippen molar-refractivity contribution in [3.8, 4) is 11.3 Å². The highest BCUT2D eigenvalue weighted by Crippen LogP contribution is 2.31. The van der Waals surface area contributed by atoms with Gasteiger partial charge < -0.3 is 4.42 Å². The number of hydrogen-bond acceptors (Lipinski definition) is 8. The van der Waals surface area contributed by atoms with Gasteiger partial charge in [-0.3, -0.25) is 25.7 Å². The largest absolute Gasteiger partial charge is 0.455 e. The van der Waals surface area contributed by atoms with E-state index in [1.165, 1.54) is 24.4 Å². The van der Waals surface area contributed by atoms with E-state index in [4.69, 9.17) is 4.42 Å². The van der Waals surface area contributed by atoms with E-state index in [-0.39, 0.29) is 11.4 Å². The van der Waals surface area contributed by atoms with Crippen molar-refractivity contribution in [3.05, 3.63) is 80.2 Å². The molecule has 10 heteroatoms. The van der Waals surface area contributed by atoms with Crippen molar-refractivity contribution in [2.24, 2.45) is 5.10 Å². The summed E-state index contributed by atoms with van der Waals surface area (Å²) in [5.74, 6) is 1.03. The summed E-state index contributed by atoms with van der Waals surface area (Å²) in [6.45, 7) is 1.77. The van der Waals surface area contributed by atoms with Crippen LogP contribution in [0, 0.1) is 27.2 Å². The summed E-state index contributed by atoms with van der Waals surface area (Å²) in [6, 6.07) is 10.8. The number of hydrogen-bond donors (Lipinski definition) is 1. The molecule has 0 amide bonds. The lowest BCUT2D eigenvalue weighted by molar-refractivity contribution is -0.385. The monoisotopic (exact) mass is 367 g/mol. The van der Waals surface area contributed by atoms with Gasteiger partial charge >= 0.3 is 0 Å². The zero-order valence-electron chi connectivity index (χ0n) is 14.0. The molecular weight excluding hydrogens is 354 g/mol. The summed E-state index contributed by atoms with van der Waals surface area (Å²) < 4.78 is 5.59. The van der Waals surface area contributed by atoms with Crippen LogP contribution in [-0.2, 0) is 0 Å². The Morgan fingerprint density at radius 2 is 1.93 bits per heavy atom. The van der Waals surface area contributed by atoms with E-state index in [9.17, 15) is 20.2 Å². The van der Waals surface area contributed by atoms with Gasteiger partial charge in [-0.2, -0.15) is 5.10 Å². The first-order valence-corrected chi connectivity index (χ1v) is 7.69. The number of aromatic nitrogens is 1. The molecule has 2 heterocycles. The van der Waals surface area contributed by atoms with Gasteiger partial charge in [0.25, 0.3) is 11.4 Å². The van der Waals surface area contributed by atoms with E-state index >= 15 is 0 Å². The first kappa shape index (κ1) is 17.7. The predicted molar refractivity (Wildman–Crippen MR) is 97.6 cm³/mol. The van der Waals surface area contributed by atoms with Crippen LogP contribution in [0.25, 0.3) is 11.3 Å². The zero-order chi connectivity index (χ0) is 19.4. The van der Waals surface area contributed by atoms with Gasteiger partial charge in [0.15, 0.2) is 0 Å². The molecule has 0 saturated heterocycles. The fourth-order valence-electron chi connectivity index (χ4n) is 2.29. The molecule has 0 unspecified atom stereocenters. The van der Waals surface area contributed by atoms with Gasteiger partial charge in [0.05, 0.1) is 21.6 Å². The van der Waals surface area contributed by atoms with Crippen molar-refractivity contribution in [1.82, 2.24) is 4.98 Å². The molecule has 1 aromatic carbocycles. The lowest BCUT2D eigenvalue weighted by Gasteiger charge is -2.01. The Morgan fingerprint density at radius 1 is 1.11 bits per heavy atom. The zero-order valence-corrected chi connectivity index (χ0v) is 14.0. The van der Waals surface area contributed by atoms with Crippen LogP contribution in [-0.4, -0.2) is 21.0 Å². The Kier molecular flexibility index (Phi) is 4.88. The number of nitro benzene ring substituents is 1. The van der Waals surface area contributed by atoms with Gasteiger partial charge in [-0.25, -0.2) is 4.98 Å². The summed E-state index contributed by atoms with van der Waals surface area (Å²) in [5.41, 5.74) is 3.59. The summed E-state index contributed by atoms with van der Waals surface area (Å²) in [4.78, 5) is 24.6. The maximum atomic E-state index is 11.2. The SMILES string of the molecule is Cc1ccc(-c2ccc(/C=N\Nc3ccc([N+](=O)[O-])cn3)o2)c([N+](=O)[O-])c1. The maximum absolute atomic E-state index is 11.2. The normalized spacial score (nSPS) is 10.9. The third kappa shape index (κ3) is 4.12. The summed E-state index contributed by atoms with van der Waals surface area (Å²) in [6.07, 6.45) is 2.48. The molecule has 3 aromatic rings. The maximum Gasteiger partial charge on any atom is 0.287 e. The van der Waals surface area contributed by atoms with Gasteiger partial charge in [-0.05, 0) is 36.8 Å². The van der Waals surface area contributed by atoms with E-state index in [0.717, 1.165) is 11.8 Å². The number of benzene rings is 1. The lowest BCUT2D eigenvalue weighted by Crippen LogP contribution is -1.94. The van der Waals surface area contributed by atoms with Crippen LogP contribution in [0.1, 0.15) is 11.3 Å². The minimum Gasteiger partial charge on any atom is -0.455 e. The van der Waals surface area contributed by atoms with Crippen molar-refractivity contribution >= 4 is 23.4 Å². The van der Waals surface area contributed by atoms with Crippen molar-refractivity contribution in [3.63, 3.8) is 0 Å².